The first kappa shape index (κ1) is 11.2. The molecule has 4 nitrogen and oxygen atoms in total. The van der Waals surface area contributed by atoms with Crippen LogP contribution >= 0.6 is 0 Å². The van der Waals surface area contributed by atoms with Crippen molar-refractivity contribution in [2.75, 3.05) is 0 Å². The Morgan fingerprint density at radius 1 is 1.19 bits per heavy atom. The van der Waals surface area contributed by atoms with E-state index in [1.807, 2.05) is 0 Å². The van der Waals surface area contributed by atoms with Crippen LogP contribution in [0.3, 0.4) is 0 Å². The van der Waals surface area contributed by atoms with Crippen molar-refractivity contribution in [3.8, 4) is 0 Å². The van der Waals surface area contributed by atoms with Crippen molar-refractivity contribution >= 4 is 5.78 Å². The van der Waals surface area contributed by atoms with Gasteiger partial charge >= 0.3 is 0 Å². The molecule has 0 aromatic carbocycles. The lowest BCUT2D eigenvalue weighted by molar-refractivity contribution is 0.0894. The van der Waals surface area contributed by atoms with E-state index in [0.717, 1.165) is 25.7 Å². The average Bonchev–Trinajstić information content (AvgIpc) is 2.54. The Labute approximate surface area is 95.3 Å². The van der Waals surface area contributed by atoms with Gasteiger partial charge in [0.05, 0.1) is 5.56 Å². The summed E-state index contributed by atoms with van der Waals surface area (Å²) in [6.45, 7) is 0. The van der Waals surface area contributed by atoms with E-state index in [-0.39, 0.29) is 17.7 Å². The number of aromatic nitrogens is 2. The van der Waals surface area contributed by atoms with E-state index in [9.17, 15) is 4.79 Å². The highest BCUT2D eigenvalue weighted by Crippen LogP contribution is 2.25. The third-order valence-electron chi connectivity index (χ3n) is 3.25. The number of ketones is 1. The van der Waals surface area contributed by atoms with E-state index in [1.165, 1.54) is 12.7 Å². The Kier molecular flexibility index (Phi) is 3.62. The van der Waals surface area contributed by atoms with Crippen molar-refractivity contribution in [2.24, 2.45) is 11.7 Å². The molecule has 4 heteroatoms. The van der Waals surface area contributed by atoms with Crippen LogP contribution in [0.1, 0.15) is 42.5 Å². The molecule has 2 atom stereocenters. The van der Waals surface area contributed by atoms with Gasteiger partial charge in [-0.25, -0.2) is 9.97 Å². The quantitative estimate of drug-likeness (QED) is 0.605. The molecule has 1 heterocycles. The van der Waals surface area contributed by atoms with Gasteiger partial charge in [-0.3, -0.25) is 4.79 Å². The molecule has 1 aromatic heterocycles. The summed E-state index contributed by atoms with van der Waals surface area (Å²) >= 11 is 0. The van der Waals surface area contributed by atoms with Gasteiger partial charge < -0.3 is 5.73 Å². The predicted octanol–water partition coefficient (Wildman–Crippen LogP) is 1.57. The topological polar surface area (TPSA) is 68.9 Å². The fourth-order valence-corrected chi connectivity index (χ4v) is 2.30. The van der Waals surface area contributed by atoms with E-state index in [4.69, 9.17) is 5.73 Å². The first-order chi connectivity index (χ1) is 7.79. The summed E-state index contributed by atoms with van der Waals surface area (Å²) in [5.41, 5.74) is 6.64. The number of nitrogens with two attached hydrogens (primary N) is 1. The van der Waals surface area contributed by atoms with E-state index in [0.29, 0.717) is 5.56 Å². The van der Waals surface area contributed by atoms with Gasteiger partial charge in [0, 0.05) is 24.4 Å². The fourth-order valence-electron chi connectivity index (χ4n) is 2.30. The molecular weight excluding hydrogens is 202 g/mol. The highest BCUT2D eigenvalue weighted by atomic mass is 16.1. The van der Waals surface area contributed by atoms with Gasteiger partial charge in [0.15, 0.2) is 5.78 Å². The lowest BCUT2D eigenvalue weighted by Crippen LogP contribution is -2.34. The van der Waals surface area contributed by atoms with Gasteiger partial charge in [0.1, 0.15) is 6.33 Å². The van der Waals surface area contributed by atoms with Crippen LogP contribution in [0.2, 0.25) is 0 Å². The lowest BCUT2D eigenvalue weighted by Gasteiger charge is -2.19. The first-order valence-electron chi connectivity index (χ1n) is 5.84. The molecule has 0 bridgehead atoms. The second-order valence-corrected chi connectivity index (χ2v) is 4.40. The van der Waals surface area contributed by atoms with Crippen molar-refractivity contribution < 1.29 is 4.79 Å². The van der Waals surface area contributed by atoms with E-state index in [1.54, 1.807) is 12.4 Å². The summed E-state index contributed by atoms with van der Waals surface area (Å²) < 4.78 is 0. The normalized spacial score (nSPS) is 26.1. The van der Waals surface area contributed by atoms with Crippen molar-refractivity contribution in [2.45, 2.75) is 38.1 Å². The average molecular weight is 219 g/mol. The van der Waals surface area contributed by atoms with Gasteiger partial charge in [-0.2, -0.15) is 0 Å². The standard InChI is InChI=1S/C12H17N3O/c13-11-5-3-1-2-4-10(11)12(16)9-6-14-8-15-7-9/h6-8,10-11H,1-5,13H2. The van der Waals surface area contributed by atoms with Crippen molar-refractivity contribution in [1.82, 2.24) is 9.97 Å². The summed E-state index contributed by atoms with van der Waals surface area (Å²) in [6, 6.07) is -0.00444. The first-order valence-corrected chi connectivity index (χ1v) is 5.84. The minimum absolute atomic E-state index is 0.00444. The Bertz CT molecular complexity index is 353. The third-order valence-corrected chi connectivity index (χ3v) is 3.25. The van der Waals surface area contributed by atoms with Crippen LogP contribution in [0.25, 0.3) is 0 Å². The molecule has 1 aromatic rings. The maximum Gasteiger partial charge on any atom is 0.170 e. The molecule has 1 aliphatic carbocycles. The van der Waals surface area contributed by atoms with Crippen LogP contribution in [0.15, 0.2) is 18.7 Å². The number of carbonyl (C=O) groups is 1. The van der Waals surface area contributed by atoms with Gasteiger partial charge in [0.25, 0.3) is 0 Å². The minimum Gasteiger partial charge on any atom is -0.327 e. The molecule has 0 amide bonds. The molecule has 1 saturated carbocycles. The predicted molar refractivity (Wildman–Crippen MR) is 60.9 cm³/mol. The Morgan fingerprint density at radius 2 is 1.88 bits per heavy atom. The molecule has 0 saturated heterocycles. The van der Waals surface area contributed by atoms with E-state index < -0.39 is 0 Å². The molecule has 0 spiro atoms. The number of carbonyl (C=O) groups excluding carboxylic acids is 1. The number of rotatable bonds is 2. The molecule has 86 valence electrons. The summed E-state index contributed by atoms with van der Waals surface area (Å²) in [5.74, 6) is 0.0588. The molecule has 1 fully saturated rings. The van der Waals surface area contributed by atoms with Crippen molar-refractivity contribution in [3.05, 3.63) is 24.3 Å². The van der Waals surface area contributed by atoms with Crippen molar-refractivity contribution in [1.29, 1.82) is 0 Å². The third kappa shape index (κ3) is 2.44. The second-order valence-electron chi connectivity index (χ2n) is 4.40. The molecule has 0 radical (unpaired) electrons. The highest BCUT2D eigenvalue weighted by molar-refractivity contribution is 5.97. The maximum absolute atomic E-state index is 12.2. The van der Waals surface area contributed by atoms with Crippen LogP contribution in [0.5, 0.6) is 0 Å². The summed E-state index contributed by atoms with van der Waals surface area (Å²) in [7, 11) is 0. The molecular formula is C12H17N3O. The molecule has 2 N–H and O–H groups in total. The zero-order valence-corrected chi connectivity index (χ0v) is 9.30. The number of Topliss-reactive ketones (excluding diaryl/α,β-unsaturated/α-hetero) is 1. The van der Waals surface area contributed by atoms with Crippen LogP contribution < -0.4 is 5.73 Å². The molecule has 16 heavy (non-hydrogen) atoms. The minimum atomic E-state index is -0.0477. The lowest BCUT2D eigenvalue weighted by atomic mass is 9.88. The summed E-state index contributed by atoms with van der Waals surface area (Å²) in [4.78, 5) is 20.0. The zero-order chi connectivity index (χ0) is 11.4. The van der Waals surface area contributed by atoms with Gasteiger partial charge in [-0.1, -0.05) is 19.3 Å². The summed E-state index contributed by atoms with van der Waals surface area (Å²) in [6.07, 6.45) is 9.85. The zero-order valence-electron chi connectivity index (χ0n) is 9.30. The van der Waals surface area contributed by atoms with Crippen LogP contribution in [-0.2, 0) is 0 Å². The number of hydrogen-bond acceptors (Lipinski definition) is 4. The Morgan fingerprint density at radius 3 is 2.62 bits per heavy atom. The summed E-state index contributed by atoms with van der Waals surface area (Å²) in [5, 5.41) is 0. The molecule has 2 unspecified atom stereocenters. The van der Waals surface area contributed by atoms with Crippen molar-refractivity contribution in [3.63, 3.8) is 0 Å². The largest absolute Gasteiger partial charge is 0.327 e. The molecule has 0 aliphatic heterocycles. The monoisotopic (exact) mass is 219 g/mol. The smallest absolute Gasteiger partial charge is 0.170 e. The SMILES string of the molecule is NC1CCCCCC1C(=O)c1cncnc1. The fraction of sp³-hybridized carbons (Fsp3) is 0.583. The molecule has 1 aliphatic rings. The van der Waals surface area contributed by atoms with Gasteiger partial charge in [0.2, 0.25) is 0 Å². The second kappa shape index (κ2) is 5.16. The Balaban J connectivity index is 2.14. The number of hydrogen-bond donors (Lipinski definition) is 1. The van der Waals surface area contributed by atoms with Crippen LogP contribution in [0, 0.1) is 5.92 Å². The molecule has 2 rings (SSSR count). The van der Waals surface area contributed by atoms with Gasteiger partial charge in [-0.05, 0) is 12.8 Å². The van der Waals surface area contributed by atoms with Gasteiger partial charge in [-0.15, -0.1) is 0 Å². The highest BCUT2D eigenvalue weighted by Gasteiger charge is 2.27. The van der Waals surface area contributed by atoms with E-state index >= 15 is 0 Å². The van der Waals surface area contributed by atoms with Crippen LogP contribution in [-0.4, -0.2) is 21.8 Å². The Hall–Kier alpha value is -1.29. The maximum atomic E-state index is 12.2. The van der Waals surface area contributed by atoms with Crippen LogP contribution in [0.4, 0.5) is 0 Å². The van der Waals surface area contributed by atoms with E-state index in [2.05, 4.69) is 9.97 Å². The number of nitrogens with zero attached hydrogens (tertiary/aromatic N) is 2.